The van der Waals surface area contributed by atoms with Crippen molar-refractivity contribution in [3.8, 4) is 17.2 Å². The molecule has 0 saturated carbocycles. The van der Waals surface area contributed by atoms with Crippen molar-refractivity contribution in [2.75, 3.05) is 27.4 Å². The highest BCUT2D eigenvalue weighted by Gasteiger charge is 2.33. The van der Waals surface area contributed by atoms with Crippen LogP contribution in [0.15, 0.2) is 84.9 Å². The highest BCUT2D eigenvalue weighted by molar-refractivity contribution is 6.09. The Kier molecular flexibility index (Phi) is 7.87. The van der Waals surface area contributed by atoms with Crippen molar-refractivity contribution in [1.82, 2.24) is 4.90 Å². The predicted molar refractivity (Wildman–Crippen MR) is 155 cm³/mol. The molecule has 1 unspecified atom stereocenters. The van der Waals surface area contributed by atoms with Crippen LogP contribution >= 0.6 is 0 Å². The lowest BCUT2D eigenvalue weighted by molar-refractivity contribution is 0.0589. The largest absolute Gasteiger partial charge is 0.493 e. The number of carbonyl (C=O) groups is 2. The van der Waals surface area contributed by atoms with E-state index in [1.165, 1.54) is 0 Å². The molecule has 1 amide bonds. The van der Waals surface area contributed by atoms with Gasteiger partial charge in [-0.2, -0.15) is 0 Å². The molecule has 1 heterocycles. The van der Waals surface area contributed by atoms with Gasteiger partial charge in [0.1, 0.15) is 12.4 Å². The molecule has 1 atom stereocenters. The van der Waals surface area contributed by atoms with E-state index in [0.717, 1.165) is 28.0 Å². The van der Waals surface area contributed by atoms with Gasteiger partial charge in [-0.25, -0.2) is 0 Å². The first kappa shape index (κ1) is 27.0. The van der Waals surface area contributed by atoms with E-state index in [-0.39, 0.29) is 24.3 Å². The molecule has 4 aromatic rings. The minimum Gasteiger partial charge on any atom is -0.493 e. The molecule has 6 nitrogen and oxygen atoms in total. The number of aryl methyl sites for hydroxylation is 2. The second-order valence-corrected chi connectivity index (χ2v) is 10.1. The fourth-order valence-electron chi connectivity index (χ4n) is 5.33. The third kappa shape index (κ3) is 5.57. The van der Waals surface area contributed by atoms with Crippen LogP contribution in [0, 0.1) is 13.8 Å². The second kappa shape index (κ2) is 11.7. The standard InChI is InChI=1S/C34H33NO5/c1-22-16-23(2)18-28(17-22)40-21-30-29-20-32(39-4)31(38-3)19-27(29)14-15-35(30)34(37)26-12-10-25(11-13-26)33(36)24-8-6-5-7-9-24/h5-13,16-20,30H,14-15,21H2,1-4H3. The van der Waals surface area contributed by atoms with Crippen LogP contribution in [0.4, 0.5) is 0 Å². The van der Waals surface area contributed by atoms with Crippen molar-refractivity contribution in [2.24, 2.45) is 0 Å². The van der Waals surface area contributed by atoms with Crippen LogP contribution in [0.5, 0.6) is 17.2 Å². The number of ketones is 1. The summed E-state index contributed by atoms with van der Waals surface area (Å²) in [6, 6.07) is 25.7. The van der Waals surface area contributed by atoms with Gasteiger partial charge in [-0.3, -0.25) is 9.59 Å². The number of carbonyl (C=O) groups excluding carboxylic acids is 2. The topological polar surface area (TPSA) is 65.1 Å². The lowest BCUT2D eigenvalue weighted by Crippen LogP contribution is -2.42. The molecular weight excluding hydrogens is 502 g/mol. The van der Waals surface area contributed by atoms with E-state index in [1.54, 1.807) is 50.6 Å². The lowest BCUT2D eigenvalue weighted by Gasteiger charge is -2.37. The number of methoxy groups -OCH3 is 2. The van der Waals surface area contributed by atoms with Crippen molar-refractivity contribution in [3.63, 3.8) is 0 Å². The quantitative estimate of drug-likeness (QED) is 0.245. The average Bonchev–Trinajstić information content (AvgIpc) is 2.98. The van der Waals surface area contributed by atoms with Gasteiger partial charge in [-0.15, -0.1) is 0 Å². The number of rotatable bonds is 8. The van der Waals surface area contributed by atoms with Crippen molar-refractivity contribution in [1.29, 1.82) is 0 Å². The summed E-state index contributed by atoms with van der Waals surface area (Å²) >= 11 is 0. The van der Waals surface area contributed by atoms with E-state index >= 15 is 0 Å². The average molecular weight is 536 g/mol. The van der Waals surface area contributed by atoms with E-state index in [2.05, 4.69) is 6.07 Å². The molecule has 40 heavy (non-hydrogen) atoms. The maximum Gasteiger partial charge on any atom is 0.254 e. The van der Waals surface area contributed by atoms with Crippen LogP contribution in [0.2, 0.25) is 0 Å². The third-order valence-electron chi connectivity index (χ3n) is 7.30. The minimum absolute atomic E-state index is 0.0766. The van der Waals surface area contributed by atoms with E-state index in [0.29, 0.717) is 41.2 Å². The molecule has 1 aliphatic rings. The van der Waals surface area contributed by atoms with Gasteiger partial charge in [-0.05, 0) is 78.9 Å². The fourth-order valence-corrected chi connectivity index (χ4v) is 5.33. The smallest absolute Gasteiger partial charge is 0.254 e. The van der Waals surface area contributed by atoms with Crippen LogP contribution in [0.1, 0.15) is 54.6 Å². The molecule has 0 saturated heterocycles. The molecular formula is C34H33NO5. The second-order valence-electron chi connectivity index (χ2n) is 10.1. The summed E-state index contributed by atoms with van der Waals surface area (Å²) in [4.78, 5) is 28.6. The summed E-state index contributed by atoms with van der Waals surface area (Å²) in [7, 11) is 3.23. The molecule has 0 bridgehead atoms. The summed E-state index contributed by atoms with van der Waals surface area (Å²) < 4.78 is 17.4. The number of ether oxygens (including phenoxy) is 3. The van der Waals surface area contributed by atoms with Crippen molar-refractivity contribution >= 4 is 11.7 Å². The number of nitrogens with zero attached hydrogens (tertiary/aromatic N) is 1. The van der Waals surface area contributed by atoms with Gasteiger partial charge in [0.15, 0.2) is 17.3 Å². The Morgan fingerprint density at radius 2 is 1.38 bits per heavy atom. The Labute approximate surface area is 235 Å². The van der Waals surface area contributed by atoms with Gasteiger partial charge >= 0.3 is 0 Å². The SMILES string of the molecule is COc1cc2c(cc1OC)C(COc1cc(C)cc(C)c1)N(C(=O)c1ccc(C(=O)c3ccccc3)cc1)CC2. The first-order chi connectivity index (χ1) is 19.4. The summed E-state index contributed by atoms with van der Waals surface area (Å²) in [5.74, 6) is 1.84. The maximum atomic E-state index is 13.9. The zero-order valence-electron chi connectivity index (χ0n) is 23.3. The van der Waals surface area contributed by atoms with Gasteiger partial charge in [0, 0.05) is 23.2 Å². The summed E-state index contributed by atoms with van der Waals surface area (Å²) in [6.07, 6.45) is 0.673. The van der Waals surface area contributed by atoms with Gasteiger partial charge in [-0.1, -0.05) is 48.5 Å². The first-order valence-electron chi connectivity index (χ1n) is 13.3. The number of fused-ring (bicyclic) bond motifs is 1. The van der Waals surface area contributed by atoms with E-state index in [4.69, 9.17) is 14.2 Å². The van der Waals surface area contributed by atoms with Gasteiger partial charge in [0.05, 0.1) is 20.3 Å². The van der Waals surface area contributed by atoms with Crippen LogP contribution in [-0.2, 0) is 6.42 Å². The molecule has 0 radical (unpaired) electrons. The molecule has 0 fully saturated rings. The highest BCUT2D eigenvalue weighted by atomic mass is 16.5. The van der Waals surface area contributed by atoms with Gasteiger partial charge in [0.2, 0.25) is 0 Å². The lowest BCUT2D eigenvalue weighted by atomic mass is 9.91. The van der Waals surface area contributed by atoms with Crippen molar-refractivity contribution in [3.05, 3.63) is 124 Å². The molecule has 0 aromatic heterocycles. The number of amides is 1. The Morgan fingerprint density at radius 1 is 0.775 bits per heavy atom. The molecule has 0 aliphatic carbocycles. The van der Waals surface area contributed by atoms with Crippen LogP contribution in [0.25, 0.3) is 0 Å². The monoisotopic (exact) mass is 535 g/mol. The van der Waals surface area contributed by atoms with E-state index in [1.807, 2.05) is 61.2 Å². The predicted octanol–water partition coefficient (Wildman–Crippen LogP) is 6.37. The van der Waals surface area contributed by atoms with Gasteiger partial charge in [0.25, 0.3) is 5.91 Å². The third-order valence-corrected chi connectivity index (χ3v) is 7.30. The van der Waals surface area contributed by atoms with E-state index < -0.39 is 0 Å². The van der Waals surface area contributed by atoms with Crippen molar-refractivity contribution in [2.45, 2.75) is 26.3 Å². The number of hydrogen-bond donors (Lipinski definition) is 0. The normalized spacial score (nSPS) is 14.3. The Morgan fingerprint density at radius 3 is 2.02 bits per heavy atom. The minimum atomic E-state index is -0.345. The fraction of sp³-hybridized carbons (Fsp3) is 0.235. The van der Waals surface area contributed by atoms with Crippen LogP contribution < -0.4 is 14.2 Å². The number of hydrogen-bond acceptors (Lipinski definition) is 5. The van der Waals surface area contributed by atoms with Crippen LogP contribution in [0.3, 0.4) is 0 Å². The summed E-state index contributed by atoms with van der Waals surface area (Å²) in [5, 5.41) is 0. The number of benzene rings is 4. The molecule has 0 spiro atoms. The Bertz CT molecular complexity index is 1510. The molecule has 6 heteroatoms. The zero-order chi connectivity index (χ0) is 28.2. The zero-order valence-corrected chi connectivity index (χ0v) is 23.3. The highest BCUT2D eigenvalue weighted by Crippen LogP contribution is 2.39. The molecule has 204 valence electrons. The van der Waals surface area contributed by atoms with Crippen LogP contribution in [-0.4, -0.2) is 44.0 Å². The molecule has 4 aromatic carbocycles. The van der Waals surface area contributed by atoms with Crippen molar-refractivity contribution < 1.29 is 23.8 Å². The summed E-state index contributed by atoms with van der Waals surface area (Å²) in [6.45, 7) is 4.87. The summed E-state index contributed by atoms with van der Waals surface area (Å²) in [5.41, 5.74) is 5.97. The Balaban J connectivity index is 1.45. The maximum absolute atomic E-state index is 13.9. The molecule has 0 N–H and O–H groups in total. The Hall–Kier alpha value is -4.58. The molecule has 1 aliphatic heterocycles. The first-order valence-corrected chi connectivity index (χ1v) is 13.3. The van der Waals surface area contributed by atoms with Gasteiger partial charge < -0.3 is 19.1 Å². The molecule has 5 rings (SSSR count). The van der Waals surface area contributed by atoms with E-state index in [9.17, 15) is 9.59 Å².